The highest BCUT2D eigenvalue weighted by atomic mass is 31.2. The Morgan fingerprint density at radius 2 is 0.511 bits per heavy atom. The van der Waals surface area contributed by atoms with Crippen LogP contribution in [0.2, 0.25) is 0 Å². The van der Waals surface area contributed by atoms with Crippen LogP contribution in [0, 0.1) is 23.7 Å². The van der Waals surface area contributed by atoms with Gasteiger partial charge >= 0.3 is 39.5 Å². The minimum Gasteiger partial charge on any atom is -0.462 e. The first kappa shape index (κ1) is 92.1. The first-order chi connectivity index (χ1) is 45.1. The number of aliphatic hydroxyl groups excluding tert-OH is 1. The molecule has 6 atom stereocenters. The van der Waals surface area contributed by atoms with Crippen molar-refractivity contribution in [2.24, 2.45) is 23.7 Å². The number of phosphoric ester groups is 2. The number of aliphatic hydroxyl groups is 1. The number of rotatable bonds is 72. The summed E-state index contributed by atoms with van der Waals surface area (Å²) in [4.78, 5) is 72.7. The molecule has 0 aromatic rings. The summed E-state index contributed by atoms with van der Waals surface area (Å²) >= 11 is 0. The van der Waals surface area contributed by atoms with E-state index in [0.717, 1.165) is 108 Å². The summed E-state index contributed by atoms with van der Waals surface area (Å²) in [6.45, 7) is 14.2. The highest BCUT2D eigenvalue weighted by molar-refractivity contribution is 7.47. The molecule has 19 heteroatoms. The second-order valence-electron chi connectivity index (χ2n) is 28.7. The van der Waals surface area contributed by atoms with Crippen LogP contribution in [0.25, 0.3) is 0 Å². The van der Waals surface area contributed by atoms with Crippen molar-refractivity contribution in [3.8, 4) is 0 Å². The monoisotopic (exact) mass is 1380 g/mol. The number of hydrogen-bond donors (Lipinski definition) is 3. The van der Waals surface area contributed by atoms with Crippen LogP contribution in [0.1, 0.15) is 376 Å². The minimum atomic E-state index is -4.96. The minimum absolute atomic E-state index is 0.103. The Morgan fingerprint density at radius 1 is 0.298 bits per heavy atom. The molecule has 0 spiro atoms. The Balaban J connectivity index is 5.24. The molecular formula is C75H146O17P2. The van der Waals surface area contributed by atoms with Crippen LogP contribution in [-0.2, 0) is 65.4 Å². The van der Waals surface area contributed by atoms with Crippen molar-refractivity contribution in [2.45, 2.75) is 395 Å². The number of esters is 4. The number of hydrogen-bond acceptors (Lipinski definition) is 15. The first-order valence-electron chi connectivity index (χ1n) is 38.7. The molecule has 3 N–H and O–H groups in total. The molecule has 4 unspecified atom stereocenters. The number of carbonyl (C=O) groups is 4. The Labute approximate surface area is 575 Å². The molecule has 0 rings (SSSR count). The van der Waals surface area contributed by atoms with Crippen LogP contribution in [-0.4, -0.2) is 96.7 Å². The molecule has 0 radical (unpaired) electrons. The Morgan fingerprint density at radius 3 is 0.755 bits per heavy atom. The van der Waals surface area contributed by atoms with Crippen molar-refractivity contribution in [3.05, 3.63) is 0 Å². The lowest BCUT2D eigenvalue weighted by Gasteiger charge is -2.21. The maximum Gasteiger partial charge on any atom is 0.472 e. The lowest BCUT2D eigenvalue weighted by Crippen LogP contribution is -2.30. The van der Waals surface area contributed by atoms with Gasteiger partial charge in [0.15, 0.2) is 12.2 Å². The molecular weight excluding hydrogens is 1230 g/mol. The third-order valence-electron chi connectivity index (χ3n) is 17.7. The fourth-order valence-corrected chi connectivity index (χ4v) is 12.9. The molecule has 0 saturated carbocycles. The van der Waals surface area contributed by atoms with Crippen molar-refractivity contribution in [1.29, 1.82) is 0 Å². The molecule has 0 aliphatic rings. The molecule has 558 valence electrons. The van der Waals surface area contributed by atoms with Gasteiger partial charge in [-0.15, -0.1) is 0 Å². The van der Waals surface area contributed by atoms with E-state index in [2.05, 4.69) is 55.4 Å². The lowest BCUT2D eigenvalue weighted by atomic mass is 9.99. The second kappa shape index (κ2) is 64.4. The zero-order valence-corrected chi connectivity index (χ0v) is 63.4. The van der Waals surface area contributed by atoms with E-state index < -0.39 is 97.5 Å². The Bertz CT molecular complexity index is 1850. The molecule has 0 fully saturated rings. The van der Waals surface area contributed by atoms with Crippen molar-refractivity contribution < 1.29 is 80.2 Å². The van der Waals surface area contributed by atoms with E-state index in [0.29, 0.717) is 31.6 Å². The highest BCUT2D eigenvalue weighted by Crippen LogP contribution is 2.45. The van der Waals surface area contributed by atoms with Gasteiger partial charge in [-0.2, -0.15) is 0 Å². The molecule has 0 aromatic heterocycles. The average Bonchev–Trinajstić information content (AvgIpc) is 1.31. The predicted octanol–water partition coefficient (Wildman–Crippen LogP) is 21.7. The van der Waals surface area contributed by atoms with Gasteiger partial charge in [0.1, 0.15) is 19.3 Å². The molecule has 0 saturated heterocycles. The molecule has 94 heavy (non-hydrogen) atoms. The Hall–Kier alpha value is -1.94. The maximum absolute atomic E-state index is 13.1. The first-order valence-corrected chi connectivity index (χ1v) is 41.7. The van der Waals surface area contributed by atoms with E-state index in [1.54, 1.807) is 0 Å². The molecule has 0 heterocycles. The summed E-state index contributed by atoms with van der Waals surface area (Å²) in [6, 6.07) is 0. The van der Waals surface area contributed by atoms with E-state index in [-0.39, 0.29) is 25.7 Å². The van der Waals surface area contributed by atoms with Crippen LogP contribution in [0.3, 0.4) is 0 Å². The SMILES string of the molecule is CCC(C)CCCCCCCCCCCCCCCCC(=O)O[C@H](COC(=O)CCCCCCCCCCCCCCC(C)C)COP(=O)(O)OCC(O)COP(=O)(O)OC[C@@H](COC(=O)CCCCCCCCCCC(C)C)OC(=O)CCCCCCCCCC(C)C. The smallest absolute Gasteiger partial charge is 0.462 e. The van der Waals surface area contributed by atoms with Gasteiger partial charge in [-0.1, -0.05) is 325 Å². The zero-order valence-electron chi connectivity index (χ0n) is 61.6. The summed E-state index contributed by atoms with van der Waals surface area (Å²) < 4.78 is 68.5. The van der Waals surface area contributed by atoms with Gasteiger partial charge in [0.2, 0.25) is 0 Å². The topological polar surface area (TPSA) is 237 Å². The number of phosphoric acid groups is 2. The van der Waals surface area contributed by atoms with Crippen LogP contribution in [0.5, 0.6) is 0 Å². The van der Waals surface area contributed by atoms with Gasteiger partial charge < -0.3 is 33.8 Å². The summed E-state index contributed by atoms with van der Waals surface area (Å²) in [5.74, 6) is 0.925. The molecule has 0 bridgehead atoms. The number of unbranched alkanes of at least 4 members (excludes halogenated alkanes) is 37. The predicted molar refractivity (Wildman–Crippen MR) is 381 cm³/mol. The normalized spacial score (nSPS) is 14.4. The largest absolute Gasteiger partial charge is 0.472 e. The summed E-state index contributed by atoms with van der Waals surface area (Å²) in [7, 11) is -9.91. The van der Waals surface area contributed by atoms with E-state index in [9.17, 15) is 43.2 Å². The van der Waals surface area contributed by atoms with E-state index in [1.807, 2.05) is 0 Å². The third kappa shape index (κ3) is 67.3. The fourth-order valence-electron chi connectivity index (χ4n) is 11.3. The molecule has 0 amide bonds. The fraction of sp³-hybridized carbons (Fsp3) is 0.947. The van der Waals surface area contributed by atoms with Crippen molar-refractivity contribution in [3.63, 3.8) is 0 Å². The quantitative estimate of drug-likeness (QED) is 0.0222. The van der Waals surface area contributed by atoms with Crippen molar-refractivity contribution in [1.82, 2.24) is 0 Å². The van der Waals surface area contributed by atoms with Crippen LogP contribution >= 0.6 is 15.6 Å². The second-order valence-corrected chi connectivity index (χ2v) is 31.6. The molecule has 0 aliphatic heterocycles. The summed E-state index contributed by atoms with van der Waals surface area (Å²) in [6.07, 6.45) is 48.6. The number of carbonyl (C=O) groups excluding carboxylic acids is 4. The van der Waals surface area contributed by atoms with Gasteiger partial charge in [0.25, 0.3) is 0 Å². The maximum atomic E-state index is 13.1. The molecule has 0 aromatic carbocycles. The van der Waals surface area contributed by atoms with Crippen LogP contribution < -0.4 is 0 Å². The van der Waals surface area contributed by atoms with Gasteiger partial charge in [0, 0.05) is 25.7 Å². The van der Waals surface area contributed by atoms with Crippen molar-refractivity contribution >= 4 is 39.5 Å². The lowest BCUT2D eigenvalue weighted by molar-refractivity contribution is -0.161. The van der Waals surface area contributed by atoms with Gasteiger partial charge in [-0.25, -0.2) is 9.13 Å². The van der Waals surface area contributed by atoms with E-state index in [4.69, 9.17) is 37.0 Å². The van der Waals surface area contributed by atoms with Crippen LogP contribution in [0.15, 0.2) is 0 Å². The van der Waals surface area contributed by atoms with Gasteiger partial charge in [-0.3, -0.25) is 37.3 Å². The molecule has 17 nitrogen and oxygen atoms in total. The van der Waals surface area contributed by atoms with E-state index >= 15 is 0 Å². The average molecular weight is 1380 g/mol. The standard InChI is InChI=1S/C75H146O17P2/c1-9-68(8)54-46-38-30-21-17-12-10-11-13-19-23-33-41-49-57-74(79)91-70(61-85-72(77)55-47-39-31-22-18-15-14-16-20-27-35-43-51-65(2)3)63-89-93(81,82)87-59-69(76)60-88-94(83,84)90-64-71(92-75(80)58-50-42-34-26-29-37-45-53-67(6)7)62-86-73(78)56-48-40-32-25-24-28-36-44-52-66(4)5/h65-71,76H,9-64H2,1-8H3,(H,81,82)(H,83,84)/t68?,69?,70-,71-/m1/s1. The third-order valence-corrected chi connectivity index (χ3v) is 19.6. The highest BCUT2D eigenvalue weighted by Gasteiger charge is 2.30. The zero-order chi connectivity index (χ0) is 69.6. The van der Waals surface area contributed by atoms with Crippen molar-refractivity contribution in [2.75, 3.05) is 39.6 Å². The number of ether oxygens (including phenoxy) is 4. The summed E-state index contributed by atoms with van der Waals surface area (Å²) in [5.41, 5.74) is 0. The van der Waals surface area contributed by atoms with E-state index in [1.165, 1.54) is 180 Å². The Kier molecular flexibility index (Phi) is 63.1. The molecule has 0 aliphatic carbocycles. The van der Waals surface area contributed by atoms with Crippen LogP contribution in [0.4, 0.5) is 0 Å². The van der Waals surface area contributed by atoms with Gasteiger partial charge in [0.05, 0.1) is 26.4 Å². The summed E-state index contributed by atoms with van der Waals surface area (Å²) in [5, 5.41) is 10.6. The van der Waals surface area contributed by atoms with Gasteiger partial charge in [-0.05, 0) is 49.4 Å².